The van der Waals surface area contributed by atoms with Gasteiger partial charge in [-0.25, -0.2) is 14.8 Å². The minimum atomic E-state index is -1.01. The molecule has 0 bridgehead atoms. The quantitative estimate of drug-likeness (QED) is 0.889. The van der Waals surface area contributed by atoms with Crippen LogP contribution in [0.2, 0.25) is 0 Å². The standard InChI is InChI=1S/C20H24N2O3/c1-13-5-3-6-15(11-13)18-8-4-7-16(25-18)9-10-17-14(2)19(20(23)24)22-12-21-17/h3,5-6,11-12,16,18H,4,7-10H2,1-2H3,(H,23,24)/t16-,18+/m1/s1. The topological polar surface area (TPSA) is 72.3 Å². The summed E-state index contributed by atoms with van der Waals surface area (Å²) < 4.78 is 6.31. The van der Waals surface area contributed by atoms with Crippen LogP contribution in [0.1, 0.15) is 64.7 Å². The maximum absolute atomic E-state index is 11.2. The number of aryl methyl sites for hydroxylation is 2. The SMILES string of the molecule is Cc1cccc([C@@H]2CCC[C@H](CCc3ncnc(C(=O)O)c3C)O2)c1. The third kappa shape index (κ3) is 4.23. The van der Waals surface area contributed by atoms with Gasteiger partial charge in [0.2, 0.25) is 0 Å². The summed E-state index contributed by atoms with van der Waals surface area (Å²) in [5, 5.41) is 9.18. The van der Waals surface area contributed by atoms with Gasteiger partial charge in [0.25, 0.3) is 0 Å². The van der Waals surface area contributed by atoms with E-state index in [1.807, 2.05) is 0 Å². The molecule has 0 saturated carbocycles. The van der Waals surface area contributed by atoms with Gasteiger partial charge < -0.3 is 9.84 Å². The predicted molar refractivity (Wildman–Crippen MR) is 94.7 cm³/mol. The van der Waals surface area contributed by atoms with Gasteiger partial charge in [-0.1, -0.05) is 29.8 Å². The number of ether oxygens (including phenoxy) is 1. The Labute approximate surface area is 148 Å². The first-order chi connectivity index (χ1) is 12.0. The molecule has 3 rings (SSSR count). The highest BCUT2D eigenvalue weighted by Crippen LogP contribution is 2.33. The Balaban J connectivity index is 1.64. The molecule has 1 aliphatic heterocycles. The molecule has 0 spiro atoms. The minimum Gasteiger partial charge on any atom is -0.477 e. The molecule has 0 unspecified atom stereocenters. The van der Waals surface area contributed by atoms with Gasteiger partial charge in [-0.15, -0.1) is 0 Å². The average molecular weight is 340 g/mol. The number of aromatic nitrogens is 2. The number of carboxylic acid groups (broad SMARTS) is 1. The molecule has 1 N–H and O–H groups in total. The minimum absolute atomic E-state index is 0.0900. The molecule has 5 heteroatoms. The second-order valence-corrected chi connectivity index (χ2v) is 6.73. The van der Waals surface area contributed by atoms with Gasteiger partial charge in [-0.05, 0) is 51.5 Å². The Bertz CT molecular complexity index is 760. The summed E-state index contributed by atoms with van der Waals surface area (Å²) in [6.07, 6.45) is 6.46. The van der Waals surface area contributed by atoms with E-state index in [0.717, 1.165) is 31.4 Å². The highest BCUT2D eigenvalue weighted by Gasteiger charge is 2.24. The molecule has 1 fully saturated rings. The van der Waals surface area contributed by atoms with Crippen LogP contribution in [-0.2, 0) is 11.2 Å². The molecular weight excluding hydrogens is 316 g/mol. The van der Waals surface area contributed by atoms with E-state index in [0.29, 0.717) is 12.0 Å². The number of carboxylic acids is 1. The van der Waals surface area contributed by atoms with Gasteiger partial charge >= 0.3 is 5.97 Å². The Hall–Kier alpha value is -2.27. The van der Waals surface area contributed by atoms with E-state index in [1.54, 1.807) is 6.92 Å². The van der Waals surface area contributed by atoms with Gasteiger partial charge in [-0.2, -0.15) is 0 Å². The molecule has 2 aromatic rings. The van der Waals surface area contributed by atoms with Crippen LogP contribution in [0.15, 0.2) is 30.6 Å². The summed E-state index contributed by atoms with van der Waals surface area (Å²) in [4.78, 5) is 19.3. The van der Waals surface area contributed by atoms with Crippen LogP contribution in [0.3, 0.4) is 0 Å². The van der Waals surface area contributed by atoms with Crippen molar-refractivity contribution in [1.82, 2.24) is 9.97 Å². The lowest BCUT2D eigenvalue weighted by Crippen LogP contribution is -2.23. The van der Waals surface area contributed by atoms with Crippen LogP contribution in [0.4, 0.5) is 0 Å². The molecule has 5 nitrogen and oxygen atoms in total. The van der Waals surface area contributed by atoms with E-state index in [9.17, 15) is 9.90 Å². The summed E-state index contributed by atoms with van der Waals surface area (Å²) in [5.74, 6) is -1.01. The molecule has 0 aliphatic carbocycles. The van der Waals surface area contributed by atoms with Crippen molar-refractivity contribution >= 4 is 5.97 Å². The molecule has 25 heavy (non-hydrogen) atoms. The maximum Gasteiger partial charge on any atom is 0.354 e. The number of carbonyl (C=O) groups is 1. The summed E-state index contributed by atoms with van der Waals surface area (Å²) in [6.45, 7) is 3.87. The van der Waals surface area contributed by atoms with Crippen molar-refractivity contribution < 1.29 is 14.6 Å². The molecule has 2 atom stereocenters. The lowest BCUT2D eigenvalue weighted by Gasteiger charge is -2.30. The second-order valence-electron chi connectivity index (χ2n) is 6.73. The number of benzene rings is 1. The first kappa shape index (κ1) is 17.5. The first-order valence-electron chi connectivity index (χ1n) is 8.80. The van der Waals surface area contributed by atoms with Crippen molar-refractivity contribution in [2.45, 2.75) is 58.2 Å². The summed E-state index contributed by atoms with van der Waals surface area (Å²) in [5.41, 5.74) is 4.04. The summed E-state index contributed by atoms with van der Waals surface area (Å²) in [7, 11) is 0. The molecule has 2 heterocycles. The normalized spacial score (nSPS) is 20.4. The highest BCUT2D eigenvalue weighted by atomic mass is 16.5. The number of rotatable bonds is 5. The van der Waals surface area contributed by atoms with Crippen LogP contribution in [-0.4, -0.2) is 27.1 Å². The summed E-state index contributed by atoms with van der Waals surface area (Å²) >= 11 is 0. The Morgan fingerprint density at radius 1 is 1.28 bits per heavy atom. The van der Waals surface area contributed by atoms with Crippen molar-refractivity contribution in [3.05, 3.63) is 58.7 Å². The van der Waals surface area contributed by atoms with Crippen LogP contribution < -0.4 is 0 Å². The largest absolute Gasteiger partial charge is 0.477 e. The Kier molecular flexibility index (Phi) is 5.43. The molecule has 1 aromatic heterocycles. The van der Waals surface area contributed by atoms with Gasteiger partial charge in [0, 0.05) is 11.3 Å². The fraction of sp³-hybridized carbons (Fsp3) is 0.450. The van der Waals surface area contributed by atoms with E-state index >= 15 is 0 Å². The number of nitrogens with zero attached hydrogens (tertiary/aromatic N) is 2. The maximum atomic E-state index is 11.2. The van der Waals surface area contributed by atoms with Crippen LogP contribution >= 0.6 is 0 Å². The van der Waals surface area contributed by atoms with Gasteiger partial charge in [-0.3, -0.25) is 0 Å². The molecule has 1 saturated heterocycles. The fourth-order valence-corrected chi connectivity index (χ4v) is 3.48. The predicted octanol–water partition coefficient (Wildman–Crippen LogP) is 4.03. The fourth-order valence-electron chi connectivity index (χ4n) is 3.48. The average Bonchev–Trinajstić information content (AvgIpc) is 2.61. The molecular formula is C20H24N2O3. The molecule has 132 valence electrons. The number of aromatic carboxylic acids is 1. The van der Waals surface area contributed by atoms with Crippen molar-refractivity contribution in [1.29, 1.82) is 0 Å². The highest BCUT2D eigenvalue weighted by molar-refractivity contribution is 5.87. The second kappa shape index (κ2) is 7.74. The number of hydrogen-bond donors (Lipinski definition) is 1. The van der Waals surface area contributed by atoms with E-state index in [1.165, 1.54) is 17.5 Å². The van der Waals surface area contributed by atoms with Gasteiger partial charge in [0.05, 0.1) is 12.2 Å². The Morgan fingerprint density at radius 3 is 2.88 bits per heavy atom. The van der Waals surface area contributed by atoms with E-state index in [2.05, 4.69) is 41.2 Å². The van der Waals surface area contributed by atoms with Crippen LogP contribution in [0.5, 0.6) is 0 Å². The van der Waals surface area contributed by atoms with Gasteiger partial charge in [0.1, 0.15) is 6.33 Å². The van der Waals surface area contributed by atoms with Crippen LogP contribution in [0.25, 0.3) is 0 Å². The molecule has 1 aliphatic rings. The Morgan fingerprint density at radius 2 is 2.12 bits per heavy atom. The summed E-state index contributed by atoms with van der Waals surface area (Å²) in [6, 6.07) is 8.51. The zero-order valence-electron chi connectivity index (χ0n) is 14.7. The molecule has 0 amide bonds. The van der Waals surface area contributed by atoms with Crippen LogP contribution in [0, 0.1) is 13.8 Å². The van der Waals surface area contributed by atoms with Crippen molar-refractivity contribution in [3.63, 3.8) is 0 Å². The molecule has 0 radical (unpaired) electrons. The monoisotopic (exact) mass is 340 g/mol. The third-order valence-electron chi connectivity index (χ3n) is 4.86. The van der Waals surface area contributed by atoms with Crippen molar-refractivity contribution in [2.24, 2.45) is 0 Å². The van der Waals surface area contributed by atoms with E-state index in [4.69, 9.17) is 4.74 Å². The van der Waals surface area contributed by atoms with Crippen molar-refractivity contribution in [2.75, 3.05) is 0 Å². The zero-order valence-corrected chi connectivity index (χ0v) is 14.7. The first-order valence-corrected chi connectivity index (χ1v) is 8.80. The van der Waals surface area contributed by atoms with E-state index in [-0.39, 0.29) is 17.9 Å². The lowest BCUT2D eigenvalue weighted by atomic mass is 9.95. The van der Waals surface area contributed by atoms with Gasteiger partial charge in [0.15, 0.2) is 5.69 Å². The zero-order chi connectivity index (χ0) is 17.8. The lowest BCUT2D eigenvalue weighted by molar-refractivity contribution is -0.0547. The molecule has 1 aromatic carbocycles. The van der Waals surface area contributed by atoms with E-state index < -0.39 is 5.97 Å². The third-order valence-corrected chi connectivity index (χ3v) is 4.86. The number of hydrogen-bond acceptors (Lipinski definition) is 4. The van der Waals surface area contributed by atoms with Crippen molar-refractivity contribution in [3.8, 4) is 0 Å². The smallest absolute Gasteiger partial charge is 0.354 e.